The summed E-state index contributed by atoms with van der Waals surface area (Å²) in [5, 5.41) is 0. The Morgan fingerprint density at radius 1 is 0.688 bits per heavy atom. The molecule has 5 heteroatoms. The van der Waals surface area contributed by atoms with E-state index in [-0.39, 0.29) is 0 Å². The minimum atomic E-state index is -4.33. The lowest BCUT2D eigenvalue weighted by atomic mass is 9.98. The van der Waals surface area contributed by atoms with Crippen molar-refractivity contribution in [2.45, 2.75) is 11.1 Å². The Labute approximate surface area is 189 Å². The van der Waals surface area contributed by atoms with E-state index in [1.54, 1.807) is 0 Å². The average Bonchev–Trinajstić information content (AvgIpc) is 2.80. The summed E-state index contributed by atoms with van der Waals surface area (Å²) in [4.78, 5) is 1.86. The van der Waals surface area contributed by atoms with Gasteiger partial charge in [-0.1, -0.05) is 85.1 Å². The molecule has 2 N–H and O–H groups in total. The number of benzene rings is 4. The van der Waals surface area contributed by atoms with E-state index in [9.17, 15) is 13.2 Å². The molecule has 0 saturated heterocycles. The number of rotatable bonds is 5. The van der Waals surface area contributed by atoms with Gasteiger partial charge < -0.3 is 5.73 Å². The number of thioether (sulfide) groups is 1. The lowest BCUT2D eigenvalue weighted by Crippen LogP contribution is -2.03. The predicted octanol–water partition coefficient (Wildman–Crippen LogP) is 8.38. The molecule has 1 nitrogen and oxygen atoms in total. The summed E-state index contributed by atoms with van der Waals surface area (Å²) < 4.78 is 38.3. The van der Waals surface area contributed by atoms with E-state index >= 15 is 0 Å². The SMILES string of the molecule is C=C(Sc1ccccc1N)c1cccc(-c2ccc(-c3ccc(C(F)(F)F)cc3)cc2)c1. The normalized spacial score (nSPS) is 11.3. The molecule has 0 amide bonds. The first-order chi connectivity index (χ1) is 15.3. The standard InChI is InChI=1S/C27H20F3NS/c1-18(32-26-8-3-2-7-25(26)31)22-5-4-6-23(17-22)21-11-9-19(10-12-21)20-13-15-24(16-14-20)27(28,29)30/h2-17H,1,31H2. The topological polar surface area (TPSA) is 26.0 Å². The van der Waals surface area contributed by atoms with E-state index in [0.29, 0.717) is 5.69 Å². The molecule has 4 aromatic carbocycles. The van der Waals surface area contributed by atoms with Crippen molar-refractivity contribution in [3.8, 4) is 22.3 Å². The van der Waals surface area contributed by atoms with Crippen molar-refractivity contribution < 1.29 is 13.2 Å². The maximum atomic E-state index is 12.8. The van der Waals surface area contributed by atoms with Gasteiger partial charge in [-0.3, -0.25) is 0 Å². The van der Waals surface area contributed by atoms with Gasteiger partial charge in [0.05, 0.1) is 5.56 Å². The maximum absolute atomic E-state index is 12.8. The molecule has 0 radical (unpaired) electrons. The second kappa shape index (κ2) is 8.97. The van der Waals surface area contributed by atoms with Crippen molar-refractivity contribution >= 4 is 22.4 Å². The molecular formula is C27H20F3NS. The number of anilines is 1. The second-order valence-electron chi connectivity index (χ2n) is 7.30. The van der Waals surface area contributed by atoms with Crippen molar-refractivity contribution in [1.29, 1.82) is 0 Å². The molecule has 0 atom stereocenters. The largest absolute Gasteiger partial charge is 0.416 e. The number of nitrogens with two attached hydrogens (primary N) is 1. The zero-order chi connectivity index (χ0) is 22.7. The van der Waals surface area contributed by atoms with Crippen molar-refractivity contribution in [1.82, 2.24) is 0 Å². The molecule has 4 rings (SSSR count). The number of halogens is 3. The van der Waals surface area contributed by atoms with Crippen LogP contribution in [0.2, 0.25) is 0 Å². The summed E-state index contributed by atoms with van der Waals surface area (Å²) in [6.07, 6.45) is -4.33. The minimum absolute atomic E-state index is 0.648. The highest BCUT2D eigenvalue weighted by atomic mass is 32.2. The molecule has 32 heavy (non-hydrogen) atoms. The molecule has 0 unspecified atom stereocenters. The van der Waals surface area contributed by atoms with Crippen molar-refractivity contribution in [2.24, 2.45) is 0 Å². The van der Waals surface area contributed by atoms with Crippen LogP contribution in [0, 0.1) is 0 Å². The van der Waals surface area contributed by atoms with Crippen LogP contribution in [0.4, 0.5) is 18.9 Å². The number of nitrogen functional groups attached to an aromatic ring is 1. The minimum Gasteiger partial charge on any atom is -0.398 e. The second-order valence-corrected chi connectivity index (χ2v) is 8.43. The lowest BCUT2D eigenvalue weighted by Gasteiger charge is -2.11. The highest BCUT2D eigenvalue weighted by molar-refractivity contribution is 8.08. The molecule has 0 aliphatic rings. The molecule has 160 valence electrons. The van der Waals surface area contributed by atoms with Crippen molar-refractivity contribution in [2.75, 3.05) is 5.73 Å². The van der Waals surface area contributed by atoms with E-state index < -0.39 is 11.7 Å². The first-order valence-corrected chi connectivity index (χ1v) is 10.7. The van der Waals surface area contributed by atoms with Crippen LogP contribution in [0.1, 0.15) is 11.1 Å². The molecule has 0 heterocycles. The van der Waals surface area contributed by atoms with Crippen LogP contribution in [0.3, 0.4) is 0 Å². The highest BCUT2D eigenvalue weighted by Gasteiger charge is 2.29. The summed E-state index contributed by atoms with van der Waals surface area (Å²) in [7, 11) is 0. The maximum Gasteiger partial charge on any atom is 0.416 e. The van der Waals surface area contributed by atoms with E-state index in [1.807, 2.05) is 66.7 Å². The van der Waals surface area contributed by atoms with Gasteiger partial charge in [0.15, 0.2) is 0 Å². The van der Waals surface area contributed by atoms with Crippen LogP contribution in [-0.4, -0.2) is 0 Å². The summed E-state index contributed by atoms with van der Waals surface area (Å²) in [6.45, 7) is 4.20. The first-order valence-electron chi connectivity index (χ1n) is 9.91. The molecule has 0 aliphatic carbocycles. The molecular weight excluding hydrogens is 427 g/mol. The fourth-order valence-electron chi connectivity index (χ4n) is 3.34. The van der Waals surface area contributed by atoms with Gasteiger partial charge in [-0.05, 0) is 58.1 Å². The van der Waals surface area contributed by atoms with Crippen molar-refractivity contribution in [3.05, 3.63) is 115 Å². The van der Waals surface area contributed by atoms with Crippen LogP contribution < -0.4 is 5.73 Å². The third-order valence-electron chi connectivity index (χ3n) is 5.10. The predicted molar refractivity (Wildman–Crippen MR) is 128 cm³/mol. The molecule has 0 fully saturated rings. The molecule has 0 bridgehead atoms. The summed E-state index contributed by atoms with van der Waals surface area (Å²) in [5.41, 5.74) is 10.8. The smallest absolute Gasteiger partial charge is 0.398 e. The Balaban J connectivity index is 1.53. The summed E-state index contributed by atoms with van der Waals surface area (Å²) in [6, 6.07) is 28.7. The van der Waals surface area contributed by atoms with Crippen molar-refractivity contribution in [3.63, 3.8) is 0 Å². The monoisotopic (exact) mass is 447 g/mol. The van der Waals surface area contributed by atoms with Crippen LogP contribution in [0.15, 0.2) is 109 Å². The lowest BCUT2D eigenvalue weighted by molar-refractivity contribution is -0.137. The van der Waals surface area contributed by atoms with Crippen LogP contribution in [0.5, 0.6) is 0 Å². The number of alkyl halides is 3. The van der Waals surface area contributed by atoms with Gasteiger partial charge >= 0.3 is 6.18 Å². The van der Waals surface area contributed by atoms with Crippen LogP contribution in [0.25, 0.3) is 27.2 Å². The van der Waals surface area contributed by atoms with Gasteiger partial charge in [-0.25, -0.2) is 0 Å². The Kier molecular flexibility index (Phi) is 6.10. The van der Waals surface area contributed by atoms with Gasteiger partial charge in [0.25, 0.3) is 0 Å². The molecule has 0 spiro atoms. The Morgan fingerprint density at radius 3 is 1.84 bits per heavy atom. The fraction of sp³-hybridized carbons (Fsp3) is 0.0370. The molecule has 4 aromatic rings. The van der Waals surface area contributed by atoms with Crippen LogP contribution in [-0.2, 0) is 6.18 Å². The number of para-hydroxylation sites is 1. The van der Waals surface area contributed by atoms with Gasteiger partial charge in [-0.15, -0.1) is 0 Å². The Morgan fingerprint density at radius 2 is 1.25 bits per heavy atom. The fourth-order valence-corrected chi connectivity index (χ4v) is 4.19. The third-order valence-corrected chi connectivity index (χ3v) is 6.17. The van der Waals surface area contributed by atoms with Crippen LogP contribution >= 0.6 is 11.8 Å². The van der Waals surface area contributed by atoms with Gasteiger partial charge in [0, 0.05) is 15.5 Å². The molecule has 0 aromatic heterocycles. The summed E-state index contributed by atoms with van der Waals surface area (Å²) in [5.74, 6) is 0. The van der Waals surface area contributed by atoms with Gasteiger partial charge in [0.1, 0.15) is 0 Å². The Hall–Kier alpha value is -3.44. The average molecular weight is 448 g/mol. The first kappa shape index (κ1) is 21.8. The summed E-state index contributed by atoms with van der Waals surface area (Å²) >= 11 is 1.53. The zero-order valence-electron chi connectivity index (χ0n) is 17.1. The van der Waals surface area contributed by atoms with Gasteiger partial charge in [0.2, 0.25) is 0 Å². The van der Waals surface area contributed by atoms with E-state index in [1.165, 1.54) is 23.9 Å². The number of hydrogen-bond donors (Lipinski definition) is 1. The van der Waals surface area contributed by atoms with E-state index in [2.05, 4.69) is 12.6 Å². The third kappa shape index (κ3) is 4.89. The Bertz CT molecular complexity index is 1240. The quantitative estimate of drug-likeness (QED) is 0.246. The van der Waals surface area contributed by atoms with E-state index in [0.717, 1.165) is 49.8 Å². The molecule has 0 saturated carbocycles. The molecule has 0 aliphatic heterocycles. The zero-order valence-corrected chi connectivity index (χ0v) is 17.9. The highest BCUT2D eigenvalue weighted by Crippen LogP contribution is 2.37. The van der Waals surface area contributed by atoms with Gasteiger partial charge in [-0.2, -0.15) is 13.2 Å². The van der Waals surface area contributed by atoms with E-state index in [4.69, 9.17) is 5.73 Å². The number of hydrogen-bond acceptors (Lipinski definition) is 2.